The molecule has 0 aromatic heterocycles. The Morgan fingerprint density at radius 2 is 1.91 bits per heavy atom. The van der Waals surface area contributed by atoms with E-state index in [2.05, 4.69) is 13.8 Å². The molecular formula is C9H21NO. The van der Waals surface area contributed by atoms with Gasteiger partial charge in [-0.05, 0) is 26.7 Å². The molecule has 2 atom stereocenters. The minimum Gasteiger partial charge on any atom is -0.378 e. The highest BCUT2D eigenvalue weighted by atomic mass is 16.5. The van der Waals surface area contributed by atoms with Crippen molar-refractivity contribution in [1.82, 2.24) is 0 Å². The Hall–Kier alpha value is -0.0800. The van der Waals surface area contributed by atoms with Crippen LogP contribution in [-0.4, -0.2) is 18.8 Å². The second-order valence-corrected chi connectivity index (χ2v) is 3.24. The molecule has 0 radical (unpaired) electrons. The third kappa shape index (κ3) is 7.82. The molecule has 0 saturated heterocycles. The van der Waals surface area contributed by atoms with E-state index in [9.17, 15) is 0 Å². The first-order chi connectivity index (χ1) is 5.16. The van der Waals surface area contributed by atoms with Gasteiger partial charge in [-0.3, -0.25) is 0 Å². The zero-order chi connectivity index (χ0) is 8.69. The summed E-state index contributed by atoms with van der Waals surface area (Å²) in [6, 6.07) is 0.267. The van der Waals surface area contributed by atoms with Crippen molar-refractivity contribution < 1.29 is 4.74 Å². The Morgan fingerprint density at radius 3 is 2.36 bits per heavy atom. The molecule has 0 aliphatic rings. The second kappa shape index (κ2) is 6.62. The van der Waals surface area contributed by atoms with Gasteiger partial charge in [0.05, 0.1) is 6.10 Å². The van der Waals surface area contributed by atoms with Crippen molar-refractivity contribution in [1.29, 1.82) is 0 Å². The fraction of sp³-hybridized carbons (Fsp3) is 1.00. The van der Waals surface area contributed by atoms with Crippen LogP contribution in [-0.2, 0) is 4.74 Å². The van der Waals surface area contributed by atoms with Crippen molar-refractivity contribution in [2.24, 2.45) is 5.73 Å². The maximum atomic E-state index is 5.57. The van der Waals surface area contributed by atoms with Gasteiger partial charge in [0.1, 0.15) is 0 Å². The molecule has 2 N–H and O–H groups in total. The number of ether oxygens (including phenoxy) is 1. The van der Waals surface area contributed by atoms with E-state index >= 15 is 0 Å². The van der Waals surface area contributed by atoms with Crippen molar-refractivity contribution in [3.8, 4) is 0 Å². The van der Waals surface area contributed by atoms with Crippen LogP contribution < -0.4 is 5.73 Å². The van der Waals surface area contributed by atoms with Crippen LogP contribution in [0.3, 0.4) is 0 Å². The van der Waals surface area contributed by atoms with Crippen LogP contribution in [0, 0.1) is 0 Å². The summed E-state index contributed by atoms with van der Waals surface area (Å²) in [5, 5.41) is 0. The zero-order valence-electron chi connectivity index (χ0n) is 7.97. The Labute approximate surface area is 70.1 Å². The van der Waals surface area contributed by atoms with E-state index in [-0.39, 0.29) is 6.04 Å². The van der Waals surface area contributed by atoms with E-state index in [1.54, 1.807) is 0 Å². The Morgan fingerprint density at radius 1 is 1.27 bits per heavy atom. The highest BCUT2D eigenvalue weighted by Crippen LogP contribution is 2.01. The van der Waals surface area contributed by atoms with Crippen LogP contribution in [0.25, 0.3) is 0 Å². The maximum Gasteiger partial charge on any atom is 0.0546 e. The number of hydrogen-bond donors (Lipinski definition) is 1. The smallest absolute Gasteiger partial charge is 0.0546 e. The third-order valence-corrected chi connectivity index (χ3v) is 1.67. The SMILES string of the molecule is CCCC(C)OCCC(C)N. The van der Waals surface area contributed by atoms with Crippen LogP contribution in [0.4, 0.5) is 0 Å². The molecule has 0 saturated carbocycles. The number of nitrogens with two attached hydrogens (primary N) is 1. The largest absolute Gasteiger partial charge is 0.378 e. The lowest BCUT2D eigenvalue weighted by atomic mass is 10.2. The predicted octanol–water partition coefficient (Wildman–Crippen LogP) is 1.93. The summed E-state index contributed by atoms with van der Waals surface area (Å²) < 4.78 is 5.51. The van der Waals surface area contributed by atoms with Crippen molar-refractivity contribution >= 4 is 0 Å². The van der Waals surface area contributed by atoms with Gasteiger partial charge in [0.2, 0.25) is 0 Å². The van der Waals surface area contributed by atoms with Gasteiger partial charge in [-0.15, -0.1) is 0 Å². The normalized spacial score (nSPS) is 16.4. The van der Waals surface area contributed by atoms with E-state index in [1.807, 2.05) is 6.92 Å². The van der Waals surface area contributed by atoms with Crippen molar-refractivity contribution in [3.05, 3.63) is 0 Å². The van der Waals surface area contributed by atoms with Gasteiger partial charge in [-0.1, -0.05) is 13.3 Å². The number of hydrogen-bond acceptors (Lipinski definition) is 2. The van der Waals surface area contributed by atoms with Crippen molar-refractivity contribution in [3.63, 3.8) is 0 Å². The fourth-order valence-electron chi connectivity index (χ4n) is 0.945. The van der Waals surface area contributed by atoms with Crippen molar-refractivity contribution in [2.45, 2.75) is 52.2 Å². The Balaban J connectivity index is 3.10. The third-order valence-electron chi connectivity index (χ3n) is 1.67. The summed E-state index contributed by atoms with van der Waals surface area (Å²) in [7, 11) is 0. The van der Waals surface area contributed by atoms with Crippen LogP contribution >= 0.6 is 0 Å². The first-order valence-corrected chi connectivity index (χ1v) is 4.54. The molecular weight excluding hydrogens is 138 g/mol. The monoisotopic (exact) mass is 159 g/mol. The molecule has 2 heteroatoms. The minimum atomic E-state index is 0.267. The lowest BCUT2D eigenvalue weighted by Gasteiger charge is -2.12. The van der Waals surface area contributed by atoms with E-state index in [0.717, 1.165) is 19.4 Å². The standard InChI is InChI=1S/C9H21NO/c1-4-5-9(3)11-7-6-8(2)10/h8-9H,4-7,10H2,1-3H3. The molecule has 0 aliphatic heterocycles. The summed E-state index contributed by atoms with van der Waals surface area (Å²) in [6.45, 7) is 7.10. The molecule has 0 aromatic carbocycles. The summed E-state index contributed by atoms with van der Waals surface area (Å²) in [5.41, 5.74) is 5.57. The molecule has 68 valence electrons. The van der Waals surface area contributed by atoms with E-state index < -0.39 is 0 Å². The van der Waals surface area contributed by atoms with Crippen molar-refractivity contribution in [2.75, 3.05) is 6.61 Å². The summed E-state index contributed by atoms with van der Waals surface area (Å²) >= 11 is 0. The molecule has 0 fully saturated rings. The van der Waals surface area contributed by atoms with E-state index in [1.165, 1.54) is 6.42 Å². The lowest BCUT2D eigenvalue weighted by molar-refractivity contribution is 0.0560. The second-order valence-electron chi connectivity index (χ2n) is 3.24. The highest BCUT2D eigenvalue weighted by Gasteiger charge is 2.00. The van der Waals surface area contributed by atoms with Gasteiger partial charge < -0.3 is 10.5 Å². The van der Waals surface area contributed by atoms with Crippen LogP contribution in [0.15, 0.2) is 0 Å². The van der Waals surface area contributed by atoms with E-state index in [0.29, 0.717) is 6.10 Å². The van der Waals surface area contributed by atoms with Gasteiger partial charge in [0.15, 0.2) is 0 Å². The first-order valence-electron chi connectivity index (χ1n) is 4.54. The molecule has 11 heavy (non-hydrogen) atoms. The highest BCUT2D eigenvalue weighted by molar-refractivity contribution is 4.53. The van der Waals surface area contributed by atoms with Gasteiger partial charge in [-0.25, -0.2) is 0 Å². The number of rotatable bonds is 6. The topological polar surface area (TPSA) is 35.2 Å². The maximum absolute atomic E-state index is 5.57. The van der Waals surface area contributed by atoms with E-state index in [4.69, 9.17) is 10.5 Å². The van der Waals surface area contributed by atoms with Crippen LogP contribution in [0.5, 0.6) is 0 Å². The molecule has 2 unspecified atom stereocenters. The average molecular weight is 159 g/mol. The molecule has 0 bridgehead atoms. The molecule has 0 amide bonds. The quantitative estimate of drug-likeness (QED) is 0.642. The van der Waals surface area contributed by atoms with Gasteiger partial charge in [0, 0.05) is 12.6 Å². The predicted molar refractivity (Wildman–Crippen MR) is 48.6 cm³/mol. The van der Waals surface area contributed by atoms with Crippen LogP contribution in [0.2, 0.25) is 0 Å². The summed E-state index contributed by atoms with van der Waals surface area (Å²) in [5.74, 6) is 0. The Kier molecular flexibility index (Phi) is 6.57. The van der Waals surface area contributed by atoms with Gasteiger partial charge >= 0.3 is 0 Å². The molecule has 0 aliphatic carbocycles. The zero-order valence-corrected chi connectivity index (χ0v) is 7.97. The molecule has 0 spiro atoms. The average Bonchev–Trinajstić information content (AvgIpc) is 1.87. The summed E-state index contributed by atoms with van der Waals surface area (Å²) in [4.78, 5) is 0. The summed E-state index contributed by atoms with van der Waals surface area (Å²) in [6.07, 6.45) is 3.71. The molecule has 0 heterocycles. The lowest BCUT2D eigenvalue weighted by Crippen LogP contribution is -2.19. The van der Waals surface area contributed by atoms with Gasteiger partial charge in [0.25, 0.3) is 0 Å². The van der Waals surface area contributed by atoms with Gasteiger partial charge in [-0.2, -0.15) is 0 Å². The Bertz CT molecular complexity index is 83.6. The fourth-order valence-corrected chi connectivity index (χ4v) is 0.945. The van der Waals surface area contributed by atoms with Crippen LogP contribution in [0.1, 0.15) is 40.0 Å². The molecule has 0 rings (SSSR count). The molecule has 2 nitrogen and oxygen atoms in total. The first kappa shape index (κ1) is 10.9. The molecule has 0 aromatic rings. The minimum absolute atomic E-state index is 0.267.